The Labute approximate surface area is 281 Å². The Morgan fingerprint density at radius 1 is 0.395 bits per heavy atom. The van der Waals surface area contributed by atoms with Gasteiger partial charge in [0.25, 0.3) is 0 Å². The molecule has 43 heavy (non-hydrogen) atoms. The van der Waals surface area contributed by atoms with Crippen LogP contribution in [0.5, 0.6) is 0 Å². The average molecular weight is 716 g/mol. The van der Waals surface area contributed by atoms with Crippen LogP contribution in [0.1, 0.15) is 182 Å². The van der Waals surface area contributed by atoms with Crippen molar-refractivity contribution in [3.05, 3.63) is 39.5 Å². The predicted octanol–water partition coefficient (Wildman–Crippen LogP) is 10.8. The van der Waals surface area contributed by atoms with Gasteiger partial charge < -0.3 is 19.8 Å². The van der Waals surface area contributed by atoms with Gasteiger partial charge in [-0.2, -0.15) is 0 Å². The van der Waals surface area contributed by atoms with Crippen LogP contribution in [0.2, 0.25) is 8.87 Å². The van der Waals surface area contributed by atoms with Crippen molar-refractivity contribution >= 4 is 33.1 Å². The van der Waals surface area contributed by atoms with E-state index in [0.717, 1.165) is 25.7 Å². The van der Waals surface area contributed by atoms with Crippen LogP contribution in [-0.4, -0.2) is 33.1 Å². The Balaban J connectivity index is -0.000000111. The quantitative estimate of drug-likeness (QED) is 0.0507. The van der Waals surface area contributed by atoms with Crippen LogP contribution < -0.4 is 10.2 Å². The molecule has 0 rings (SSSR count). The molecular formula is C38H76O4Sn. The fourth-order valence-corrected chi connectivity index (χ4v) is 8.05. The van der Waals surface area contributed by atoms with Gasteiger partial charge in [-0.25, -0.2) is 0 Å². The minimum absolute atomic E-state index is 0.149. The number of hydrogen-bond donors (Lipinski definition) is 0. The monoisotopic (exact) mass is 716 g/mol. The Kier molecular flexibility index (Phi) is 81.1. The first-order valence-corrected chi connectivity index (χ1v) is 21.6. The van der Waals surface area contributed by atoms with Crippen LogP contribution in [0.3, 0.4) is 0 Å². The fourth-order valence-electron chi connectivity index (χ4n) is 3.89. The fraction of sp³-hybridized carbons (Fsp3) is 0.789. The molecular weight excluding hydrogens is 639 g/mol. The van der Waals surface area contributed by atoms with Crippen LogP contribution in [0.4, 0.5) is 0 Å². The number of carboxylic acids is 2. The Bertz CT molecular complexity index is 428. The van der Waals surface area contributed by atoms with Gasteiger partial charge in [0.15, 0.2) is 0 Å². The van der Waals surface area contributed by atoms with Crippen LogP contribution in [0.15, 0.2) is 39.5 Å². The van der Waals surface area contributed by atoms with E-state index >= 15 is 0 Å². The third kappa shape index (κ3) is 85.5. The normalized spacial score (nSPS) is 8.93. The van der Waals surface area contributed by atoms with Crippen molar-refractivity contribution in [2.24, 2.45) is 0 Å². The topological polar surface area (TPSA) is 80.3 Å². The molecule has 0 radical (unpaired) electrons. The van der Waals surface area contributed by atoms with Gasteiger partial charge in [0.2, 0.25) is 0 Å². The van der Waals surface area contributed by atoms with Crippen LogP contribution in [0, 0.1) is 0 Å². The zero-order valence-corrected chi connectivity index (χ0v) is 32.6. The molecule has 0 saturated carbocycles. The summed E-state index contributed by atoms with van der Waals surface area (Å²) >= 11 is 0.149. The molecule has 0 amide bonds. The van der Waals surface area contributed by atoms with Crippen LogP contribution >= 0.6 is 0 Å². The standard InChI is InChI=1S/2C12H24O2.2C4H9.3C2H4.Sn/c2*1-2-3-4-5-6-7-8-9-10-11-12(13)14;2*1-3-4-2;3*1-2;/h2*2-11H2,1H3,(H,13,14);2*1,3-4H2,2H3;3*1-2H2;/q;;;;;;;+2/p-2. The van der Waals surface area contributed by atoms with Crippen molar-refractivity contribution in [3.8, 4) is 0 Å². The summed E-state index contributed by atoms with van der Waals surface area (Å²) in [5.74, 6) is -1.82. The molecule has 0 fully saturated rings. The molecule has 4 nitrogen and oxygen atoms in total. The summed E-state index contributed by atoms with van der Waals surface area (Å²) in [6, 6.07) is 0. The third-order valence-electron chi connectivity index (χ3n) is 6.38. The maximum absolute atomic E-state index is 10.1. The van der Waals surface area contributed by atoms with Gasteiger partial charge in [-0.1, -0.05) is 117 Å². The first-order valence-electron chi connectivity index (χ1n) is 17.6. The Morgan fingerprint density at radius 3 is 0.814 bits per heavy atom. The molecule has 0 N–H and O–H groups in total. The van der Waals surface area contributed by atoms with Gasteiger partial charge >= 0.3 is 69.5 Å². The van der Waals surface area contributed by atoms with E-state index in [1.54, 1.807) is 8.87 Å². The zero-order valence-electron chi connectivity index (χ0n) is 29.8. The summed E-state index contributed by atoms with van der Waals surface area (Å²) in [7, 11) is 0. The minimum atomic E-state index is -0.909. The summed E-state index contributed by atoms with van der Waals surface area (Å²) in [4.78, 5) is 20.2. The molecule has 0 bridgehead atoms. The van der Waals surface area contributed by atoms with E-state index in [2.05, 4.69) is 67.2 Å². The number of unbranched alkanes of at least 4 members (excludes halogenated alkanes) is 18. The molecule has 256 valence electrons. The molecule has 0 saturated heterocycles. The molecule has 0 aromatic heterocycles. The van der Waals surface area contributed by atoms with Gasteiger partial charge in [-0.3, -0.25) is 0 Å². The van der Waals surface area contributed by atoms with Crippen molar-refractivity contribution in [1.29, 1.82) is 0 Å². The summed E-state index contributed by atoms with van der Waals surface area (Å²) < 4.78 is 3.25. The van der Waals surface area contributed by atoms with E-state index in [9.17, 15) is 19.8 Å². The second kappa shape index (κ2) is 64.0. The van der Waals surface area contributed by atoms with Crippen molar-refractivity contribution in [1.82, 2.24) is 0 Å². The average Bonchev–Trinajstić information content (AvgIpc) is 3.03. The summed E-state index contributed by atoms with van der Waals surface area (Å²) in [6.45, 7) is 27.0. The van der Waals surface area contributed by atoms with Crippen molar-refractivity contribution in [2.75, 3.05) is 0 Å². The maximum atomic E-state index is 10.1. The summed E-state index contributed by atoms with van der Waals surface area (Å²) in [5, 5.41) is 20.2. The van der Waals surface area contributed by atoms with E-state index in [4.69, 9.17) is 0 Å². The molecule has 0 aliphatic carbocycles. The Morgan fingerprint density at radius 2 is 0.605 bits per heavy atom. The van der Waals surface area contributed by atoms with Crippen LogP contribution in [-0.2, 0) is 9.59 Å². The molecule has 0 atom stereocenters. The number of carbonyl (C=O) groups is 2. The van der Waals surface area contributed by atoms with E-state index in [0.29, 0.717) is 0 Å². The van der Waals surface area contributed by atoms with E-state index < -0.39 is 11.9 Å². The summed E-state index contributed by atoms with van der Waals surface area (Å²) in [6.07, 6.45) is 28.2. The van der Waals surface area contributed by atoms with Gasteiger partial charge in [0, 0.05) is 11.9 Å². The SMILES string of the molecule is C=C.C=C.C=C.CCCCCCCCCCCC(=O)[O-].CCCCCCCCCCCC(=O)[O-].CCC[CH2][Sn+2][CH2]CCC. The van der Waals surface area contributed by atoms with Gasteiger partial charge in [0.05, 0.1) is 0 Å². The number of carbonyl (C=O) groups excluding carboxylic acids is 2. The molecule has 0 heterocycles. The van der Waals surface area contributed by atoms with E-state index in [1.165, 1.54) is 116 Å². The number of hydrogen-bond acceptors (Lipinski definition) is 4. The second-order valence-electron chi connectivity index (χ2n) is 10.4. The van der Waals surface area contributed by atoms with Crippen LogP contribution in [0.25, 0.3) is 0 Å². The number of carboxylic acid groups (broad SMARTS) is 2. The first kappa shape index (κ1) is 54.4. The Hall–Kier alpha value is -1.04. The van der Waals surface area contributed by atoms with Gasteiger partial charge in [0.1, 0.15) is 0 Å². The van der Waals surface area contributed by atoms with Crippen molar-refractivity contribution in [2.45, 2.75) is 191 Å². The molecule has 0 aliphatic rings. The number of aliphatic carboxylic acids is 2. The molecule has 0 aliphatic heterocycles. The second-order valence-corrected chi connectivity index (χ2v) is 14.6. The molecule has 0 spiro atoms. The molecule has 5 heteroatoms. The van der Waals surface area contributed by atoms with Crippen molar-refractivity contribution < 1.29 is 19.8 Å². The molecule has 0 aromatic rings. The summed E-state index contributed by atoms with van der Waals surface area (Å²) in [5.41, 5.74) is 0. The van der Waals surface area contributed by atoms with E-state index in [-0.39, 0.29) is 34.0 Å². The first-order chi connectivity index (χ1) is 21.0. The third-order valence-corrected chi connectivity index (χ3v) is 10.4. The molecule has 0 aromatic carbocycles. The van der Waals surface area contributed by atoms with Crippen molar-refractivity contribution in [3.63, 3.8) is 0 Å². The van der Waals surface area contributed by atoms with Gasteiger partial charge in [-0.05, 0) is 25.7 Å². The zero-order chi connectivity index (χ0) is 34.2. The van der Waals surface area contributed by atoms with Gasteiger partial charge in [-0.15, -0.1) is 39.5 Å². The van der Waals surface area contributed by atoms with E-state index in [1.807, 2.05) is 0 Å². The molecule has 0 unspecified atom stereocenters. The predicted molar refractivity (Wildman–Crippen MR) is 193 cm³/mol. The number of rotatable bonds is 26.